The SMILES string of the molecule is O=C1CC(C(=O)Nc2nc3ccc(-c4ccccc4[N+](=O)[O-])cn3n2)C1. The normalized spacial score (nSPS) is 14.2. The van der Waals surface area contributed by atoms with Crippen molar-refractivity contribution < 1.29 is 14.5 Å². The van der Waals surface area contributed by atoms with Crippen LogP contribution in [0.4, 0.5) is 11.6 Å². The highest BCUT2D eigenvalue weighted by atomic mass is 16.6. The highest BCUT2D eigenvalue weighted by Crippen LogP contribution is 2.29. The molecular weight excluding hydrogens is 338 g/mol. The summed E-state index contributed by atoms with van der Waals surface area (Å²) >= 11 is 0. The Hall–Kier alpha value is -3.62. The number of rotatable bonds is 4. The molecule has 1 aromatic carbocycles. The van der Waals surface area contributed by atoms with Crippen molar-refractivity contribution in [3.63, 3.8) is 0 Å². The highest BCUT2D eigenvalue weighted by molar-refractivity contribution is 6.01. The second-order valence-corrected chi connectivity index (χ2v) is 6.06. The van der Waals surface area contributed by atoms with E-state index < -0.39 is 4.92 Å². The van der Waals surface area contributed by atoms with E-state index in [1.54, 1.807) is 36.5 Å². The number of para-hydroxylation sites is 1. The quantitative estimate of drug-likeness (QED) is 0.568. The number of hydrogen-bond donors (Lipinski definition) is 1. The van der Waals surface area contributed by atoms with Gasteiger partial charge >= 0.3 is 0 Å². The first-order valence-corrected chi connectivity index (χ1v) is 7.94. The van der Waals surface area contributed by atoms with E-state index in [1.165, 1.54) is 10.6 Å². The summed E-state index contributed by atoms with van der Waals surface area (Å²) in [5, 5.41) is 18.0. The zero-order chi connectivity index (χ0) is 18.3. The maximum Gasteiger partial charge on any atom is 0.277 e. The molecule has 1 aliphatic rings. The molecule has 1 N–H and O–H groups in total. The third-order valence-electron chi connectivity index (χ3n) is 4.30. The molecule has 0 unspecified atom stereocenters. The number of nitrogens with zero attached hydrogens (tertiary/aromatic N) is 4. The molecule has 1 fully saturated rings. The van der Waals surface area contributed by atoms with Gasteiger partial charge in [0.05, 0.1) is 16.4 Å². The predicted molar refractivity (Wildman–Crippen MR) is 91.4 cm³/mol. The molecule has 9 heteroatoms. The molecule has 1 aliphatic carbocycles. The maximum atomic E-state index is 12.0. The van der Waals surface area contributed by atoms with E-state index >= 15 is 0 Å². The Balaban J connectivity index is 1.63. The number of carbonyl (C=O) groups excluding carboxylic acids is 2. The van der Waals surface area contributed by atoms with Crippen molar-refractivity contribution in [2.75, 3.05) is 5.32 Å². The molecule has 9 nitrogen and oxygen atoms in total. The Bertz CT molecular complexity index is 1050. The van der Waals surface area contributed by atoms with Crippen molar-refractivity contribution in [2.45, 2.75) is 12.8 Å². The van der Waals surface area contributed by atoms with E-state index in [4.69, 9.17) is 0 Å². The largest absolute Gasteiger partial charge is 0.300 e. The molecule has 0 spiro atoms. The number of anilines is 1. The lowest BCUT2D eigenvalue weighted by Crippen LogP contribution is -2.34. The Labute approximate surface area is 146 Å². The van der Waals surface area contributed by atoms with Crippen LogP contribution in [0.5, 0.6) is 0 Å². The topological polar surface area (TPSA) is 120 Å². The van der Waals surface area contributed by atoms with Crippen LogP contribution in [0.2, 0.25) is 0 Å². The summed E-state index contributed by atoms with van der Waals surface area (Å²) in [5.74, 6) is -0.396. The predicted octanol–water partition coefficient (Wildman–Crippen LogP) is 2.22. The summed E-state index contributed by atoms with van der Waals surface area (Å²) in [7, 11) is 0. The summed E-state index contributed by atoms with van der Waals surface area (Å²) in [4.78, 5) is 38.0. The molecule has 0 radical (unpaired) electrons. The molecule has 4 rings (SSSR count). The molecule has 2 heterocycles. The van der Waals surface area contributed by atoms with Gasteiger partial charge in [0.25, 0.3) is 5.69 Å². The third-order valence-corrected chi connectivity index (χ3v) is 4.30. The van der Waals surface area contributed by atoms with Crippen LogP contribution in [0, 0.1) is 16.0 Å². The molecule has 0 atom stereocenters. The molecular formula is C17H13N5O4. The first-order valence-electron chi connectivity index (χ1n) is 7.94. The Morgan fingerprint density at radius 2 is 2.00 bits per heavy atom. The van der Waals surface area contributed by atoms with E-state index in [2.05, 4.69) is 15.4 Å². The van der Waals surface area contributed by atoms with Gasteiger partial charge in [-0.1, -0.05) is 12.1 Å². The number of pyridine rings is 1. The third kappa shape index (κ3) is 2.79. The molecule has 0 bridgehead atoms. The second-order valence-electron chi connectivity index (χ2n) is 6.06. The van der Waals surface area contributed by atoms with Gasteiger partial charge in [0, 0.05) is 30.7 Å². The molecule has 26 heavy (non-hydrogen) atoms. The number of benzene rings is 1. The lowest BCUT2D eigenvalue weighted by Gasteiger charge is -2.21. The summed E-state index contributed by atoms with van der Waals surface area (Å²) in [6, 6.07) is 9.80. The van der Waals surface area contributed by atoms with Gasteiger partial charge in [0.15, 0.2) is 5.65 Å². The molecule has 1 amide bonds. The minimum atomic E-state index is -0.438. The van der Waals surface area contributed by atoms with Crippen molar-refractivity contribution >= 4 is 29.0 Å². The van der Waals surface area contributed by atoms with Crippen LogP contribution in [0.15, 0.2) is 42.6 Å². The summed E-state index contributed by atoms with van der Waals surface area (Å²) in [6.07, 6.45) is 2.12. The average molecular weight is 351 g/mol. The van der Waals surface area contributed by atoms with E-state index in [9.17, 15) is 19.7 Å². The van der Waals surface area contributed by atoms with Crippen LogP contribution in [-0.2, 0) is 9.59 Å². The first-order chi connectivity index (χ1) is 12.5. The van der Waals surface area contributed by atoms with Gasteiger partial charge in [0.1, 0.15) is 5.78 Å². The zero-order valence-electron chi connectivity index (χ0n) is 13.5. The Morgan fingerprint density at radius 1 is 1.23 bits per heavy atom. The maximum absolute atomic E-state index is 12.0. The van der Waals surface area contributed by atoms with Crippen LogP contribution >= 0.6 is 0 Å². The molecule has 130 valence electrons. The summed E-state index contributed by atoms with van der Waals surface area (Å²) < 4.78 is 1.45. The number of Topliss-reactive ketones (excluding diaryl/α,β-unsaturated/α-hetero) is 1. The van der Waals surface area contributed by atoms with E-state index in [0.29, 0.717) is 16.8 Å². The second kappa shape index (κ2) is 6.03. The number of hydrogen-bond acceptors (Lipinski definition) is 6. The van der Waals surface area contributed by atoms with Crippen LogP contribution in [0.3, 0.4) is 0 Å². The fraction of sp³-hybridized carbons (Fsp3) is 0.176. The van der Waals surface area contributed by atoms with Gasteiger partial charge in [-0.25, -0.2) is 4.52 Å². The standard InChI is InChI=1S/C17H13N5O4/c23-12-7-11(8-12)16(24)19-17-18-15-6-5-10(9-21(15)20-17)13-3-1-2-4-14(13)22(25)26/h1-6,9,11H,7-8H2,(H,19,20,24). The fourth-order valence-electron chi connectivity index (χ4n) is 2.86. The number of carbonyl (C=O) groups is 2. The minimum absolute atomic E-state index is 0.00450. The number of ketones is 1. The number of amides is 1. The fourth-order valence-corrected chi connectivity index (χ4v) is 2.86. The Morgan fingerprint density at radius 3 is 2.73 bits per heavy atom. The van der Waals surface area contributed by atoms with E-state index in [-0.39, 0.29) is 42.1 Å². The number of nitro benzene ring substituents is 1. The van der Waals surface area contributed by atoms with Gasteiger partial charge in [-0.05, 0) is 18.2 Å². The molecule has 2 aromatic heterocycles. The van der Waals surface area contributed by atoms with Crippen molar-refractivity contribution in [1.29, 1.82) is 0 Å². The lowest BCUT2D eigenvalue weighted by molar-refractivity contribution is -0.384. The van der Waals surface area contributed by atoms with E-state index in [1.807, 2.05) is 0 Å². The number of fused-ring (bicyclic) bond motifs is 1. The van der Waals surface area contributed by atoms with Crippen LogP contribution in [-0.4, -0.2) is 31.2 Å². The number of aromatic nitrogens is 3. The van der Waals surface area contributed by atoms with Crippen LogP contribution in [0.25, 0.3) is 16.8 Å². The van der Waals surface area contributed by atoms with Gasteiger partial charge < -0.3 is 0 Å². The highest BCUT2D eigenvalue weighted by Gasteiger charge is 2.33. The number of nitrogens with one attached hydrogen (secondary N) is 1. The molecule has 0 aliphatic heterocycles. The molecule has 3 aromatic rings. The van der Waals surface area contributed by atoms with Crippen LogP contribution in [0.1, 0.15) is 12.8 Å². The van der Waals surface area contributed by atoms with Gasteiger partial charge in [-0.2, -0.15) is 4.98 Å². The van der Waals surface area contributed by atoms with Crippen molar-refractivity contribution in [3.05, 3.63) is 52.7 Å². The summed E-state index contributed by atoms with van der Waals surface area (Å²) in [6.45, 7) is 0. The Kier molecular flexibility index (Phi) is 3.68. The minimum Gasteiger partial charge on any atom is -0.300 e. The lowest BCUT2D eigenvalue weighted by atomic mass is 9.83. The average Bonchev–Trinajstić information content (AvgIpc) is 3.00. The molecule has 1 saturated carbocycles. The van der Waals surface area contributed by atoms with Crippen LogP contribution < -0.4 is 5.32 Å². The smallest absolute Gasteiger partial charge is 0.277 e. The first kappa shape index (κ1) is 15.9. The summed E-state index contributed by atoms with van der Waals surface area (Å²) in [5.41, 5.74) is 1.56. The van der Waals surface area contributed by atoms with E-state index in [0.717, 1.165) is 0 Å². The van der Waals surface area contributed by atoms with Crippen molar-refractivity contribution in [2.24, 2.45) is 5.92 Å². The van der Waals surface area contributed by atoms with Crippen molar-refractivity contribution in [3.8, 4) is 11.1 Å². The number of nitro groups is 1. The van der Waals surface area contributed by atoms with Gasteiger partial charge in [0.2, 0.25) is 11.9 Å². The monoisotopic (exact) mass is 351 g/mol. The zero-order valence-corrected chi connectivity index (χ0v) is 13.5. The van der Waals surface area contributed by atoms with Gasteiger partial charge in [-0.15, -0.1) is 5.10 Å². The molecule has 0 saturated heterocycles. The van der Waals surface area contributed by atoms with Crippen molar-refractivity contribution in [1.82, 2.24) is 14.6 Å². The van der Waals surface area contributed by atoms with Gasteiger partial charge in [-0.3, -0.25) is 25.0 Å².